The first-order valence-corrected chi connectivity index (χ1v) is 7.64. The number of hydrogen-bond acceptors (Lipinski definition) is 2. The Balaban J connectivity index is 1.60. The van der Waals surface area contributed by atoms with Crippen LogP contribution in [-0.4, -0.2) is 12.6 Å². The van der Waals surface area contributed by atoms with Gasteiger partial charge in [-0.15, -0.1) is 0 Å². The first kappa shape index (κ1) is 14.4. The van der Waals surface area contributed by atoms with Crippen molar-refractivity contribution in [3.63, 3.8) is 0 Å². The summed E-state index contributed by atoms with van der Waals surface area (Å²) < 4.78 is 5.88. The third-order valence-corrected chi connectivity index (χ3v) is 3.61. The van der Waals surface area contributed by atoms with Crippen LogP contribution in [0.1, 0.15) is 18.4 Å². The molecule has 0 saturated heterocycles. The summed E-state index contributed by atoms with van der Waals surface area (Å²) >= 11 is 0. The fraction of sp³-hybridized carbons (Fsp3) is 0.278. The van der Waals surface area contributed by atoms with Crippen molar-refractivity contribution >= 4 is 11.6 Å². The average molecular weight is 295 g/mol. The molecule has 2 aromatic rings. The highest BCUT2D eigenvalue weighted by Crippen LogP contribution is 2.30. The molecule has 3 rings (SSSR count). The minimum atomic E-state index is 0.406. The summed E-state index contributed by atoms with van der Waals surface area (Å²) in [5.74, 6) is 2.05. The minimum absolute atomic E-state index is 0.406. The third-order valence-electron chi connectivity index (χ3n) is 3.61. The van der Waals surface area contributed by atoms with Gasteiger partial charge in [-0.3, -0.25) is 0 Å². The predicted octanol–water partition coefficient (Wildman–Crippen LogP) is 3.40. The average Bonchev–Trinajstić information content (AvgIpc) is 3.37. The van der Waals surface area contributed by atoms with Crippen molar-refractivity contribution in [3.05, 3.63) is 60.2 Å². The first-order valence-electron chi connectivity index (χ1n) is 7.64. The van der Waals surface area contributed by atoms with Gasteiger partial charge in [0.05, 0.1) is 13.2 Å². The zero-order chi connectivity index (χ0) is 15.2. The van der Waals surface area contributed by atoms with Gasteiger partial charge in [0.2, 0.25) is 0 Å². The van der Waals surface area contributed by atoms with Crippen LogP contribution in [0.15, 0.2) is 59.6 Å². The summed E-state index contributed by atoms with van der Waals surface area (Å²) in [6.45, 7) is 1.31. The van der Waals surface area contributed by atoms with Gasteiger partial charge >= 0.3 is 0 Å². The zero-order valence-corrected chi connectivity index (χ0v) is 12.5. The second-order valence-corrected chi connectivity index (χ2v) is 5.55. The Bertz CT molecular complexity index is 636. The van der Waals surface area contributed by atoms with Crippen LogP contribution in [0, 0.1) is 5.92 Å². The van der Waals surface area contributed by atoms with Gasteiger partial charge in [0.15, 0.2) is 5.96 Å². The molecule has 0 atom stereocenters. The van der Waals surface area contributed by atoms with Crippen LogP contribution in [0.3, 0.4) is 0 Å². The Hall–Kier alpha value is -2.49. The summed E-state index contributed by atoms with van der Waals surface area (Å²) in [6, 6.07) is 17.8. The van der Waals surface area contributed by atoms with Crippen LogP contribution in [0.4, 0.5) is 5.69 Å². The number of guanidine groups is 1. The molecule has 1 saturated carbocycles. The van der Waals surface area contributed by atoms with Crippen LogP contribution < -0.4 is 15.8 Å². The molecular weight excluding hydrogens is 274 g/mol. The van der Waals surface area contributed by atoms with Gasteiger partial charge in [0.1, 0.15) is 5.75 Å². The molecule has 0 aliphatic heterocycles. The van der Waals surface area contributed by atoms with Crippen molar-refractivity contribution in [1.29, 1.82) is 0 Å². The van der Waals surface area contributed by atoms with Gasteiger partial charge in [-0.1, -0.05) is 36.4 Å². The van der Waals surface area contributed by atoms with E-state index in [2.05, 4.69) is 10.3 Å². The molecule has 0 amide bonds. The molecule has 0 radical (unpaired) electrons. The van der Waals surface area contributed by atoms with Gasteiger partial charge in [-0.05, 0) is 37.0 Å². The van der Waals surface area contributed by atoms with Crippen molar-refractivity contribution in [2.24, 2.45) is 16.6 Å². The number of nitrogens with zero attached hydrogens (tertiary/aromatic N) is 1. The fourth-order valence-electron chi connectivity index (χ4n) is 2.15. The number of para-hydroxylation sites is 2. The van der Waals surface area contributed by atoms with E-state index in [-0.39, 0.29) is 0 Å². The smallest absolute Gasteiger partial charge is 0.193 e. The molecule has 4 heteroatoms. The molecule has 3 N–H and O–H groups in total. The number of nitrogens with one attached hydrogen (secondary N) is 1. The van der Waals surface area contributed by atoms with Crippen molar-refractivity contribution in [2.45, 2.75) is 19.4 Å². The predicted molar refractivity (Wildman–Crippen MR) is 90.1 cm³/mol. The molecule has 114 valence electrons. The number of rotatable bonds is 6. The number of nitrogens with two attached hydrogens (primary N) is 1. The number of aliphatic imine (C=N–C) groups is 1. The summed E-state index contributed by atoms with van der Waals surface area (Å²) in [4.78, 5) is 4.40. The van der Waals surface area contributed by atoms with Gasteiger partial charge in [-0.25, -0.2) is 4.99 Å². The molecule has 0 unspecified atom stereocenters. The number of anilines is 1. The maximum atomic E-state index is 5.93. The minimum Gasteiger partial charge on any atom is -0.493 e. The highest BCUT2D eigenvalue weighted by atomic mass is 16.5. The fourth-order valence-corrected chi connectivity index (χ4v) is 2.15. The second-order valence-electron chi connectivity index (χ2n) is 5.55. The summed E-state index contributed by atoms with van der Waals surface area (Å²) in [5, 5.41) is 3.08. The normalized spacial score (nSPS) is 14.6. The summed E-state index contributed by atoms with van der Waals surface area (Å²) in [5.41, 5.74) is 7.92. The van der Waals surface area contributed by atoms with Gasteiger partial charge in [0.25, 0.3) is 0 Å². The van der Waals surface area contributed by atoms with Crippen LogP contribution in [0.25, 0.3) is 0 Å². The van der Waals surface area contributed by atoms with Crippen molar-refractivity contribution in [3.8, 4) is 5.75 Å². The van der Waals surface area contributed by atoms with E-state index in [0.717, 1.165) is 29.5 Å². The SMILES string of the molecule is NC(=NCc1ccccc1OCC1CC1)Nc1ccccc1. The lowest BCUT2D eigenvalue weighted by molar-refractivity contribution is 0.297. The Labute approximate surface area is 131 Å². The number of benzene rings is 2. The quantitative estimate of drug-likeness (QED) is 0.634. The lowest BCUT2D eigenvalue weighted by Gasteiger charge is -2.10. The summed E-state index contributed by atoms with van der Waals surface area (Å²) in [7, 11) is 0. The molecule has 1 aliphatic carbocycles. The molecule has 0 aromatic heterocycles. The van der Waals surface area contributed by atoms with Crippen LogP contribution in [0.5, 0.6) is 5.75 Å². The molecular formula is C18H21N3O. The Morgan fingerprint density at radius 2 is 1.82 bits per heavy atom. The lowest BCUT2D eigenvalue weighted by Crippen LogP contribution is -2.22. The molecule has 1 aliphatic rings. The van der Waals surface area contributed by atoms with E-state index < -0.39 is 0 Å². The second kappa shape index (κ2) is 6.98. The number of ether oxygens (including phenoxy) is 1. The van der Waals surface area contributed by atoms with E-state index in [1.54, 1.807) is 0 Å². The van der Waals surface area contributed by atoms with E-state index in [4.69, 9.17) is 10.5 Å². The molecule has 0 bridgehead atoms. The number of hydrogen-bond donors (Lipinski definition) is 2. The highest BCUT2D eigenvalue weighted by molar-refractivity contribution is 5.92. The Morgan fingerprint density at radius 1 is 1.09 bits per heavy atom. The monoisotopic (exact) mass is 295 g/mol. The maximum absolute atomic E-state index is 5.93. The molecule has 0 heterocycles. The van der Waals surface area contributed by atoms with Crippen molar-refractivity contribution < 1.29 is 4.74 Å². The van der Waals surface area contributed by atoms with Crippen LogP contribution in [0.2, 0.25) is 0 Å². The van der Waals surface area contributed by atoms with Gasteiger partial charge < -0.3 is 15.8 Å². The molecule has 0 spiro atoms. The first-order chi connectivity index (χ1) is 10.8. The van der Waals surface area contributed by atoms with Crippen LogP contribution in [-0.2, 0) is 6.54 Å². The Kier molecular flexibility index (Phi) is 4.59. The lowest BCUT2D eigenvalue weighted by atomic mass is 10.2. The standard InChI is InChI=1S/C18H21N3O/c19-18(21-16-7-2-1-3-8-16)20-12-15-6-4-5-9-17(15)22-13-14-10-11-14/h1-9,14H,10-13H2,(H3,19,20,21). The zero-order valence-electron chi connectivity index (χ0n) is 12.5. The topological polar surface area (TPSA) is 59.6 Å². The van der Waals surface area contributed by atoms with Gasteiger partial charge in [-0.2, -0.15) is 0 Å². The van der Waals surface area contributed by atoms with Crippen LogP contribution >= 0.6 is 0 Å². The van der Waals surface area contributed by atoms with E-state index in [9.17, 15) is 0 Å². The molecule has 4 nitrogen and oxygen atoms in total. The highest BCUT2D eigenvalue weighted by Gasteiger charge is 2.22. The largest absolute Gasteiger partial charge is 0.493 e. The van der Waals surface area contributed by atoms with E-state index in [0.29, 0.717) is 12.5 Å². The maximum Gasteiger partial charge on any atom is 0.193 e. The van der Waals surface area contributed by atoms with Crippen molar-refractivity contribution in [2.75, 3.05) is 11.9 Å². The van der Waals surface area contributed by atoms with Crippen molar-refractivity contribution in [1.82, 2.24) is 0 Å². The molecule has 2 aromatic carbocycles. The Morgan fingerprint density at radius 3 is 2.59 bits per heavy atom. The summed E-state index contributed by atoms with van der Waals surface area (Å²) in [6.07, 6.45) is 2.57. The third kappa shape index (κ3) is 4.25. The molecule has 1 fully saturated rings. The van der Waals surface area contributed by atoms with E-state index in [1.807, 2.05) is 54.6 Å². The van der Waals surface area contributed by atoms with E-state index >= 15 is 0 Å². The van der Waals surface area contributed by atoms with E-state index in [1.165, 1.54) is 12.8 Å². The molecule has 22 heavy (non-hydrogen) atoms. The van der Waals surface area contributed by atoms with Gasteiger partial charge in [0, 0.05) is 11.3 Å².